The summed E-state index contributed by atoms with van der Waals surface area (Å²) in [5.41, 5.74) is 0.631. The quantitative estimate of drug-likeness (QED) is 0.846. The molecule has 3 rings (SSSR count). The van der Waals surface area contributed by atoms with Gasteiger partial charge in [-0.3, -0.25) is 9.36 Å². The van der Waals surface area contributed by atoms with E-state index in [1.807, 2.05) is 12.1 Å². The summed E-state index contributed by atoms with van der Waals surface area (Å²) in [5, 5.41) is 0.612. The van der Waals surface area contributed by atoms with Crippen LogP contribution in [-0.4, -0.2) is 29.9 Å². The molecule has 5 heteroatoms. The molecule has 1 saturated heterocycles. The second-order valence-corrected chi connectivity index (χ2v) is 5.47. The van der Waals surface area contributed by atoms with Crippen molar-refractivity contribution in [3.8, 4) is 5.75 Å². The van der Waals surface area contributed by atoms with Crippen LogP contribution in [0, 0.1) is 5.92 Å². The van der Waals surface area contributed by atoms with Crippen molar-refractivity contribution in [1.82, 2.24) is 9.55 Å². The molecule has 1 atom stereocenters. The molecule has 0 spiro atoms. The summed E-state index contributed by atoms with van der Waals surface area (Å²) in [6.45, 7) is 2.44. The monoisotopic (exact) mass is 288 g/mol. The van der Waals surface area contributed by atoms with Gasteiger partial charge in [-0.05, 0) is 37.3 Å². The molecule has 0 unspecified atom stereocenters. The predicted octanol–water partition coefficient (Wildman–Crippen LogP) is 2.22. The standard InChI is InChI=1S/C16H20N2O3/c1-20-14-6-2-5-13-15(14)17-11-18(16(13)19)8-3-4-12-7-9-21-10-12/h2,5-6,11-12H,3-4,7-10H2,1H3/t12-/m0/s1. The Morgan fingerprint density at radius 1 is 1.48 bits per heavy atom. The molecule has 21 heavy (non-hydrogen) atoms. The van der Waals surface area contributed by atoms with Gasteiger partial charge in [0.15, 0.2) is 0 Å². The summed E-state index contributed by atoms with van der Waals surface area (Å²) >= 11 is 0. The minimum absolute atomic E-state index is 0.00146. The molecule has 5 nitrogen and oxygen atoms in total. The maximum Gasteiger partial charge on any atom is 0.261 e. The second kappa shape index (κ2) is 6.26. The Hall–Kier alpha value is -1.88. The number of nitrogens with zero attached hydrogens (tertiary/aromatic N) is 2. The maximum absolute atomic E-state index is 12.5. The molecule has 0 saturated carbocycles. The smallest absolute Gasteiger partial charge is 0.261 e. The average Bonchev–Trinajstić information content (AvgIpc) is 3.02. The van der Waals surface area contributed by atoms with Crippen LogP contribution in [0.1, 0.15) is 19.3 Å². The molecule has 0 radical (unpaired) electrons. The number of benzene rings is 1. The zero-order valence-electron chi connectivity index (χ0n) is 12.2. The lowest BCUT2D eigenvalue weighted by atomic mass is 10.0. The van der Waals surface area contributed by atoms with Gasteiger partial charge in [0.05, 0.1) is 18.8 Å². The minimum Gasteiger partial charge on any atom is -0.494 e. The van der Waals surface area contributed by atoms with Crippen molar-refractivity contribution in [2.75, 3.05) is 20.3 Å². The molecular weight excluding hydrogens is 268 g/mol. The first-order valence-corrected chi connectivity index (χ1v) is 7.39. The van der Waals surface area contributed by atoms with E-state index in [4.69, 9.17) is 9.47 Å². The van der Waals surface area contributed by atoms with E-state index in [0.29, 0.717) is 29.1 Å². The Bertz CT molecular complexity index is 675. The van der Waals surface area contributed by atoms with Crippen molar-refractivity contribution in [3.63, 3.8) is 0 Å². The van der Waals surface area contributed by atoms with Gasteiger partial charge in [0.1, 0.15) is 11.3 Å². The number of rotatable bonds is 5. The molecule has 1 aliphatic rings. The van der Waals surface area contributed by atoms with Crippen LogP contribution < -0.4 is 10.3 Å². The zero-order valence-corrected chi connectivity index (χ0v) is 12.2. The lowest BCUT2D eigenvalue weighted by Crippen LogP contribution is -2.21. The molecule has 0 bridgehead atoms. The van der Waals surface area contributed by atoms with E-state index in [1.54, 1.807) is 24.1 Å². The van der Waals surface area contributed by atoms with Crippen LogP contribution in [0.15, 0.2) is 29.3 Å². The topological polar surface area (TPSA) is 53.4 Å². The highest BCUT2D eigenvalue weighted by atomic mass is 16.5. The van der Waals surface area contributed by atoms with E-state index in [-0.39, 0.29) is 5.56 Å². The van der Waals surface area contributed by atoms with E-state index in [9.17, 15) is 4.79 Å². The average molecular weight is 288 g/mol. The molecule has 0 N–H and O–H groups in total. The van der Waals surface area contributed by atoms with Gasteiger partial charge >= 0.3 is 0 Å². The highest BCUT2D eigenvalue weighted by Gasteiger charge is 2.15. The number of aromatic nitrogens is 2. The number of para-hydroxylation sites is 1. The highest BCUT2D eigenvalue weighted by Crippen LogP contribution is 2.21. The third-order valence-electron chi connectivity index (χ3n) is 4.07. The van der Waals surface area contributed by atoms with Crippen molar-refractivity contribution in [2.45, 2.75) is 25.8 Å². The Labute approximate surface area is 123 Å². The number of ether oxygens (including phenoxy) is 2. The van der Waals surface area contributed by atoms with Crippen LogP contribution in [-0.2, 0) is 11.3 Å². The highest BCUT2D eigenvalue weighted by molar-refractivity contribution is 5.83. The number of hydrogen-bond acceptors (Lipinski definition) is 4. The SMILES string of the molecule is COc1cccc2c(=O)n(CCC[C@H]3CCOC3)cnc12. The molecule has 2 aromatic rings. The number of fused-ring (bicyclic) bond motifs is 1. The molecule has 112 valence electrons. The van der Waals surface area contributed by atoms with E-state index in [0.717, 1.165) is 32.5 Å². The largest absolute Gasteiger partial charge is 0.494 e. The lowest BCUT2D eigenvalue weighted by Gasteiger charge is -2.10. The summed E-state index contributed by atoms with van der Waals surface area (Å²) in [7, 11) is 1.59. The zero-order chi connectivity index (χ0) is 14.7. The number of aryl methyl sites for hydroxylation is 1. The first-order valence-electron chi connectivity index (χ1n) is 7.39. The van der Waals surface area contributed by atoms with Crippen LogP contribution in [0.25, 0.3) is 10.9 Å². The lowest BCUT2D eigenvalue weighted by molar-refractivity contribution is 0.183. The van der Waals surface area contributed by atoms with Crippen LogP contribution in [0.5, 0.6) is 5.75 Å². The van der Waals surface area contributed by atoms with Gasteiger partial charge in [-0.15, -0.1) is 0 Å². The fraction of sp³-hybridized carbons (Fsp3) is 0.500. The van der Waals surface area contributed by atoms with Gasteiger partial charge < -0.3 is 9.47 Å². The molecular formula is C16H20N2O3. The van der Waals surface area contributed by atoms with E-state index in [1.165, 1.54) is 0 Å². The summed E-state index contributed by atoms with van der Waals surface area (Å²) in [5.74, 6) is 1.29. The van der Waals surface area contributed by atoms with E-state index >= 15 is 0 Å². The molecule has 0 amide bonds. The van der Waals surface area contributed by atoms with Gasteiger partial charge in [-0.2, -0.15) is 0 Å². The predicted molar refractivity (Wildman–Crippen MR) is 80.7 cm³/mol. The molecule has 0 aliphatic carbocycles. The Balaban J connectivity index is 1.76. The molecule has 1 aliphatic heterocycles. The van der Waals surface area contributed by atoms with E-state index < -0.39 is 0 Å². The summed E-state index contributed by atoms with van der Waals surface area (Å²) in [6, 6.07) is 5.44. The Morgan fingerprint density at radius 3 is 3.14 bits per heavy atom. The molecule has 1 aromatic carbocycles. The van der Waals surface area contributed by atoms with Crippen molar-refractivity contribution in [2.24, 2.45) is 5.92 Å². The van der Waals surface area contributed by atoms with Gasteiger partial charge in [0.2, 0.25) is 0 Å². The van der Waals surface area contributed by atoms with Gasteiger partial charge in [-0.1, -0.05) is 6.07 Å². The van der Waals surface area contributed by atoms with E-state index in [2.05, 4.69) is 4.98 Å². The second-order valence-electron chi connectivity index (χ2n) is 5.47. The normalized spacial score (nSPS) is 18.2. The summed E-state index contributed by atoms with van der Waals surface area (Å²) in [6.07, 6.45) is 4.84. The maximum atomic E-state index is 12.5. The fourth-order valence-electron chi connectivity index (χ4n) is 2.85. The minimum atomic E-state index is 0.00146. The molecule has 1 fully saturated rings. The number of methoxy groups -OCH3 is 1. The Kier molecular flexibility index (Phi) is 4.20. The van der Waals surface area contributed by atoms with Gasteiger partial charge in [-0.25, -0.2) is 4.98 Å². The molecule has 2 heterocycles. The van der Waals surface area contributed by atoms with Crippen molar-refractivity contribution >= 4 is 10.9 Å². The fourth-order valence-corrected chi connectivity index (χ4v) is 2.85. The van der Waals surface area contributed by atoms with Crippen LogP contribution in [0.3, 0.4) is 0 Å². The summed E-state index contributed by atoms with van der Waals surface area (Å²) < 4.78 is 12.3. The van der Waals surface area contributed by atoms with Crippen molar-refractivity contribution < 1.29 is 9.47 Å². The Morgan fingerprint density at radius 2 is 2.38 bits per heavy atom. The van der Waals surface area contributed by atoms with Crippen molar-refractivity contribution in [1.29, 1.82) is 0 Å². The van der Waals surface area contributed by atoms with Gasteiger partial charge in [0.25, 0.3) is 5.56 Å². The number of hydrogen-bond donors (Lipinski definition) is 0. The van der Waals surface area contributed by atoms with Crippen molar-refractivity contribution in [3.05, 3.63) is 34.9 Å². The first-order chi connectivity index (χ1) is 10.3. The third-order valence-corrected chi connectivity index (χ3v) is 4.07. The third kappa shape index (κ3) is 2.93. The summed E-state index contributed by atoms with van der Waals surface area (Å²) in [4.78, 5) is 16.8. The molecule has 1 aromatic heterocycles. The van der Waals surface area contributed by atoms with Crippen LogP contribution in [0.2, 0.25) is 0 Å². The van der Waals surface area contributed by atoms with Crippen LogP contribution >= 0.6 is 0 Å². The first kappa shape index (κ1) is 14.1. The van der Waals surface area contributed by atoms with Crippen LogP contribution in [0.4, 0.5) is 0 Å². The van der Waals surface area contributed by atoms with Gasteiger partial charge in [0, 0.05) is 19.8 Å².